The lowest BCUT2D eigenvalue weighted by Gasteiger charge is -2.13. The highest BCUT2D eigenvalue weighted by atomic mass is 79.9. The van der Waals surface area contributed by atoms with Crippen molar-refractivity contribution < 1.29 is 9.13 Å². The first-order valence-corrected chi connectivity index (χ1v) is 5.07. The van der Waals surface area contributed by atoms with E-state index >= 15 is 0 Å². The van der Waals surface area contributed by atoms with Crippen LogP contribution in [0.25, 0.3) is 0 Å². The van der Waals surface area contributed by atoms with Gasteiger partial charge in [-0.25, -0.2) is 4.39 Å². The van der Waals surface area contributed by atoms with Crippen LogP contribution in [0, 0.1) is 12.7 Å². The smallest absolute Gasteiger partial charge is 0.165 e. The molecule has 1 aromatic rings. The Bertz CT molecular complexity index is 341. The fourth-order valence-electron chi connectivity index (χ4n) is 1.36. The number of benzene rings is 1. The molecule has 0 spiro atoms. The van der Waals surface area contributed by atoms with Gasteiger partial charge in [0.25, 0.3) is 0 Å². The molecule has 0 amide bonds. The van der Waals surface area contributed by atoms with Crippen LogP contribution in [0.15, 0.2) is 10.5 Å². The molecular weight excluding hydrogens is 249 g/mol. The third kappa shape index (κ3) is 2.07. The zero-order valence-electron chi connectivity index (χ0n) is 8.45. The number of hydrogen-bond donors (Lipinski definition) is 1. The van der Waals surface area contributed by atoms with E-state index in [0.29, 0.717) is 12.3 Å². The molecule has 0 aliphatic heterocycles. The van der Waals surface area contributed by atoms with Crippen LogP contribution < -0.4 is 10.1 Å². The molecule has 2 nitrogen and oxygen atoms in total. The Labute approximate surface area is 91.6 Å². The lowest BCUT2D eigenvalue weighted by Crippen LogP contribution is -2.09. The Morgan fingerprint density at radius 1 is 1.57 bits per heavy atom. The summed E-state index contributed by atoms with van der Waals surface area (Å²) < 4.78 is 19.4. The quantitative estimate of drug-likeness (QED) is 0.904. The second-order valence-corrected chi connectivity index (χ2v) is 3.82. The van der Waals surface area contributed by atoms with Gasteiger partial charge in [-0.2, -0.15) is 0 Å². The molecule has 0 aromatic heterocycles. The minimum atomic E-state index is -0.321. The molecule has 14 heavy (non-hydrogen) atoms. The summed E-state index contributed by atoms with van der Waals surface area (Å²) in [7, 11) is 3.28. The Morgan fingerprint density at radius 2 is 2.21 bits per heavy atom. The molecular formula is C10H13BrFNO. The maximum absolute atomic E-state index is 13.4. The number of ether oxygens (including phenoxy) is 1. The summed E-state index contributed by atoms with van der Waals surface area (Å²) in [5.41, 5.74) is 1.68. The predicted molar refractivity (Wildman–Crippen MR) is 58.2 cm³/mol. The molecule has 0 atom stereocenters. The third-order valence-electron chi connectivity index (χ3n) is 2.00. The minimum Gasteiger partial charge on any atom is -0.493 e. The number of hydrogen-bond acceptors (Lipinski definition) is 2. The van der Waals surface area contributed by atoms with Crippen molar-refractivity contribution in [1.29, 1.82) is 0 Å². The Kier molecular flexibility index (Phi) is 3.89. The molecule has 1 N–H and O–H groups in total. The van der Waals surface area contributed by atoms with Gasteiger partial charge in [0.15, 0.2) is 11.6 Å². The zero-order valence-corrected chi connectivity index (χ0v) is 10.0. The normalized spacial score (nSPS) is 10.4. The van der Waals surface area contributed by atoms with Crippen molar-refractivity contribution in [3.05, 3.63) is 27.5 Å². The average molecular weight is 262 g/mol. The van der Waals surface area contributed by atoms with Gasteiger partial charge in [-0.15, -0.1) is 0 Å². The number of aryl methyl sites for hydroxylation is 1. The highest BCUT2D eigenvalue weighted by Crippen LogP contribution is 2.32. The second-order valence-electron chi connectivity index (χ2n) is 3.03. The fourth-order valence-corrected chi connectivity index (χ4v) is 1.79. The van der Waals surface area contributed by atoms with Crippen LogP contribution in [-0.2, 0) is 6.54 Å². The maximum Gasteiger partial charge on any atom is 0.165 e. The van der Waals surface area contributed by atoms with E-state index in [4.69, 9.17) is 4.74 Å². The molecule has 0 fully saturated rings. The molecule has 0 heterocycles. The van der Waals surface area contributed by atoms with Gasteiger partial charge < -0.3 is 10.1 Å². The first-order chi connectivity index (χ1) is 6.61. The molecule has 0 aliphatic carbocycles. The molecule has 1 rings (SSSR count). The monoisotopic (exact) mass is 261 g/mol. The first-order valence-electron chi connectivity index (χ1n) is 4.27. The predicted octanol–water partition coefficient (Wildman–Crippen LogP) is 2.62. The van der Waals surface area contributed by atoms with E-state index in [1.54, 1.807) is 0 Å². The van der Waals surface area contributed by atoms with E-state index in [1.807, 2.05) is 14.0 Å². The maximum atomic E-state index is 13.4. The minimum absolute atomic E-state index is 0.303. The average Bonchev–Trinajstić information content (AvgIpc) is 2.14. The summed E-state index contributed by atoms with van der Waals surface area (Å²) in [6.45, 7) is 2.42. The topological polar surface area (TPSA) is 21.3 Å². The van der Waals surface area contributed by atoms with E-state index < -0.39 is 0 Å². The van der Waals surface area contributed by atoms with Gasteiger partial charge in [0.2, 0.25) is 0 Å². The van der Waals surface area contributed by atoms with E-state index in [-0.39, 0.29) is 5.82 Å². The number of halogens is 2. The summed E-state index contributed by atoms with van der Waals surface area (Å²) in [5.74, 6) is -0.0183. The largest absolute Gasteiger partial charge is 0.493 e. The third-order valence-corrected chi connectivity index (χ3v) is 3.11. The number of nitrogens with one attached hydrogen (secondary N) is 1. The van der Waals surface area contributed by atoms with Gasteiger partial charge in [-0.3, -0.25) is 0 Å². The Balaban J connectivity index is 3.32. The van der Waals surface area contributed by atoms with Gasteiger partial charge in [0.05, 0.1) is 7.11 Å². The summed E-state index contributed by atoms with van der Waals surface area (Å²) in [6.07, 6.45) is 0. The summed E-state index contributed by atoms with van der Waals surface area (Å²) in [4.78, 5) is 0. The molecule has 0 unspecified atom stereocenters. The van der Waals surface area contributed by atoms with Crippen LogP contribution in [0.2, 0.25) is 0 Å². The molecule has 4 heteroatoms. The SMILES string of the molecule is CNCc1c(Br)c(C)cc(F)c1OC. The van der Waals surface area contributed by atoms with Crippen molar-refractivity contribution in [1.82, 2.24) is 5.32 Å². The first kappa shape index (κ1) is 11.5. The Hall–Kier alpha value is -0.610. The van der Waals surface area contributed by atoms with Crippen molar-refractivity contribution in [2.45, 2.75) is 13.5 Å². The molecule has 1 aromatic carbocycles. The van der Waals surface area contributed by atoms with Gasteiger partial charge >= 0.3 is 0 Å². The lowest BCUT2D eigenvalue weighted by atomic mass is 10.1. The van der Waals surface area contributed by atoms with Crippen LogP contribution >= 0.6 is 15.9 Å². The van der Waals surface area contributed by atoms with Crippen molar-refractivity contribution in [2.75, 3.05) is 14.2 Å². The van der Waals surface area contributed by atoms with Crippen molar-refractivity contribution in [2.24, 2.45) is 0 Å². The van der Waals surface area contributed by atoms with Crippen LogP contribution in [0.5, 0.6) is 5.75 Å². The highest BCUT2D eigenvalue weighted by molar-refractivity contribution is 9.10. The standard InChI is InChI=1S/C10H13BrFNO/c1-6-4-8(12)10(14-3)7(5-13-2)9(6)11/h4,13H,5H2,1-3H3. The molecule has 0 aliphatic rings. The molecule has 0 saturated carbocycles. The molecule has 0 radical (unpaired) electrons. The summed E-state index contributed by atoms with van der Waals surface area (Å²) in [6, 6.07) is 1.46. The van der Waals surface area contributed by atoms with E-state index in [0.717, 1.165) is 15.6 Å². The number of methoxy groups -OCH3 is 1. The van der Waals surface area contributed by atoms with Crippen molar-refractivity contribution >= 4 is 15.9 Å². The van der Waals surface area contributed by atoms with Crippen LogP contribution in [0.3, 0.4) is 0 Å². The molecule has 78 valence electrons. The van der Waals surface area contributed by atoms with Crippen LogP contribution in [0.4, 0.5) is 4.39 Å². The fraction of sp³-hybridized carbons (Fsp3) is 0.400. The van der Waals surface area contributed by atoms with Crippen molar-refractivity contribution in [3.63, 3.8) is 0 Å². The van der Waals surface area contributed by atoms with E-state index in [9.17, 15) is 4.39 Å². The van der Waals surface area contributed by atoms with E-state index in [2.05, 4.69) is 21.2 Å². The second kappa shape index (κ2) is 4.75. The molecule has 0 saturated heterocycles. The highest BCUT2D eigenvalue weighted by Gasteiger charge is 2.14. The summed E-state index contributed by atoms with van der Waals surface area (Å²) in [5, 5.41) is 2.98. The van der Waals surface area contributed by atoms with Crippen LogP contribution in [-0.4, -0.2) is 14.2 Å². The zero-order chi connectivity index (χ0) is 10.7. The Morgan fingerprint density at radius 3 is 2.71 bits per heavy atom. The molecule has 0 bridgehead atoms. The van der Waals surface area contributed by atoms with Crippen LogP contribution in [0.1, 0.15) is 11.1 Å². The van der Waals surface area contributed by atoms with Crippen molar-refractivity contribution in [3.8, 4) is 5.75 Å². The number of rotatable bonds is 3. The van der Waals surface area contributed by atoms with Gasteiger partial charge in [-0.1, -0.05) is 15.9 Å². The summed E-state index contributed by atoms with van der Waals surface area (Å²) >= 11 is 3.42. The van der Waals surface area contributed by atoms with Gasteiger partial charge in [0.1, 0.15) is 0 Å². The van der Waals surface area contributed by atoms with E-state index in [1.165, 1.54) is 13.2 Å². The van der Waals surface area contributed by atoms with Gasteiger partial charge in [0, 0.05) is 16.6 Å². The lowest BCUT2D eigenvalue weighted by molar-refractivity contribution is 0.379. The van der Waals surface area contributed by atoms with Gasteiger partial charge in [-0.05, 0) is 25.6 Å².